The number of carboxylic acids is 1. The molecule has 5 heteroatoms. The van der Waals surface area contributed by atoms with Crippen LogP contribution >= 0.6 is 0 Å². The summed E-state index contributed by atoms with van der Waals surface area (Å²) in [5.74, 6) is -0.556. The van der Waals surface area contributed by atoms with Gasteiger partial charge in [-0.05, 0) is 50.4 Å². The smallest absolute Gasteiger partial charge is 0.303 e. The molecule has 0 spiro atoms. The van der Waals surface area contributed by atoms with Crippen molar-refractivity contribution in [2.24, 2.45) is 11.8 Å². The molecular weight excluding hydrogens is 320 g/mol. The largest absolute Gasteiger partial charge is 0.481 e. The van der Waals surface area contributed by atoms with Crippen LogP contribution in [0.4, 0.5) is 0 Å². The third kappa shape index (κ3) is 9.02. The predicted octanol–water partition coefficient (Wildman–Crippen LogP) is 3.49. The Labute approximate surface area is 152 Å². The number of hydrogen-bond acceptors (Lipinski definition) is 4. The Kier molecular flexibility index (Phi) is 11.3. The Balaban J connectivity index is 2.28. The van der Waals surface area contributed by atoms with Gasteiger partial charge in [0, 0.05) is 6.42 Å². The topological polar surface area (TPSA) is 98.0 Å². The van der Waals surface area contributed by atoms with Crippen LogP contribution in [0.25, 0.3) is 0 Å². The van der Waals surface area contributed by atoms with Gasteiger partial charge in [0.1, 0.15) is 0 Å². The molecule has 25 heavy (non-hydrogen) atoms. The summed E-state index contributed by atoms with van der Waals surface area (Å²) in [5.41, 5.74) is 0. The molecule has 0 unspecified atom stereocenters. The van der Waals surface area contributed by atoms with Gasteiger partial charge in [-0.3, -0.25) is 4.79 Å². The number of unbranched alkanes of at least 4 members (excludes halogenated alkanes) is 5. The van der Waals surface area contributed by atoms with E-state index in [4.69, 9.17) is 5.11 Å². The van der Waals surface area contributed by atoms with E-state index in [9.17, 15) is 20.1 Å². The molecule has 0 radical (unpaired) electrons. The molecule has 5 nitrogen and oxygen atoms in total. The van der Waals surface area contributed by atoms with Gasteiger partial charge in [0.15, 0.2) is 0 Å². The highest BCUT2D eigenvalue weighted by atomic mass is 16.4. The Morgan fingerprint density at radius 1 is 0.920 bits per heavy atom. The minimum absolute atomic E-state index is 0.0786. The fourth-order valence-electron chi connectivity index (χ4n) is 4.15. The highest BCUT2D eigenvalue weighted by Gasteiger charge is 2.40. The van der Waals surface area contributed by atoms with Gasteiger partial charge < -0.3 is 20.4 Å². The first kappa shape index (κ1) is 22.4. The summed E-state index contributed by atoms with van der Waals surface area (Å²) in [6.07, 6.45) is 9.52. The summed E-state index contributed by atoms with van der Waals surface area (Å²) in [7, 11) is 0. The maximum Gasteiger partial charge on any atom is 0.303 e. The van der Waals surface area contributed by atoms with Crippen molar-refractivity contribution in [1.29, 1.82) is 0 Å². The van der Waals surface area contributed by atoms with Crippen LogP contribution in [0.3, 0.4) is 0 Å². The molecule has 5 atom stereocenters. The second kappa shape index (κ2) is 12.7. The molecule has 148 valence electrons. The summed E-state index contributed by atoms with van der Waals surface area (Å²) in [6.45, 7) is 2.15. The van der Waals surface area contributed by atoms with Crippen molar-refractivity contribution in [2.75, 3.05) is 0 Å². The van der Waals surface area contributed by atoms with E-state index < -0.39 is 18.2 Å². The first-order valence-electron chi connectivity index (χ1n) is 10.2. The van der Waals surface area contributed by atoms with Gasteiger partial charge in [0.05, 0.1) is 18.3 Å². The van der Waals surface area contributed by atoms with Crippen LogP contribution in [-0.4, -0.2) is 44.7 Å². The second-order valence-corrected chi connectivity index (χ2v) is 7.77. The molecule has 1 rings (SSSR count). The minimum atomic E-state index is -0.744. The van der Waals surface area contributed by atoms with Crippen molar-refractivity contribution in [3.8, 4) is 0 Å². The Hall–Kier alpha value is -0.650. The van der Waals surface area contributed by atoms with Gasteiger partial charge in [-0.25, -0.2) is 0 Å². The van der Waals surface area contributed by atoms with Crippen molar-refractivity contribution in [2.45, 2.75) is 109 Å². The van der Waals surface area contributed by atoms with Crippen LogP contribution in [0.1, 0.15) is 90.4 Å². The monoisotopic (exact) mass is 358 g/mol. The van der Waals surface area contributed by atoms with Crippen LogP contribution in [-0.2, 0) is 4.79 Å². The van der Waals surface area contributed by atoms with Crippen LogP contribution in [0.2, 0.25) is 0 Å². The van der Waals surface area contributed by atoms with Crippen LogP contribution < -0.4 is 0 Å². The summed E-state index contributed by atoms with van der Waals surface area (Å²) < 4.78 is 0. The second-order valence-electron chi connectivity index (χ2n) is 7.77. The van der Waals surface area contributed by atoms with Crippen LogP contribution in [0.15, 0.2) is 0 Å². The van der Waals surface area contributed by atoms with E-state index in [0.717, 1.165) is 57.8 Å². The molecule has 0 saturated heterocycles. The fourth-order valence-corrected chi connectivity index (χ4v) is 4.15. The molecule has 1 saturated carbocycles. The van der Waals surface area contributed by atoms with Crippen molar-refractivity contribution >= 4 is 5.97 Å². The van der Waals surface area contributed by atoms with E-state index in [-0.39, 0.29) is 24.4 Å². The standard InChI is InChI=1S/C20H38O5/c1-2-3-6-9-15(21)12-13-17-16(18(22)14-19(17)23)10-7-4-5-8-11-20(24)25/h15-19,21-23H,2-14H2,1H3,(H,24,25)/t15-,16-,17-,18+,19-/m1/s1. The average Bonchev–Trinajstić information content (AvgIpc) is 2.82. The van der Waals surface area contributed by atoms with E-state index in [1.54, 1.807) is 0 Å². The minimum Gasteiger partial charge on any atom is -0.481 e. The molecule has 0 bridgehead atoms. The molecule has 0 heterocycles. The summed E-state index contributed by atoms with van der Waals surface area (Å²) in [6, 6.07) is 0. The third-order valence-corrected chi connectivity index (χ3v) is 5.67. The maximum atomic E-state index is 10.5. The van der Waals surface area contributed by atoms with Crippen molar-refractivity contribution < 1.29 is 25.2 Å². The lowest BCUT2D eigenvalue weighted by Gasteiger charge is -2.24. The third-order valence-electron chi connectivity index (χ3n) is 5.67. The number of carbonyl (C=O) groups is 1. The highest BCUT2D eigenvalue weighted by Crippen LogP contribution is 2.39. The zero-order chi connectivity index (χ0) is 18.7. The number of aliphatic hydroxyl groups excluding tert-OH is 3. The fraction of sp³-hybridized carbons (Fsp3) is 0.950. The normalized spacial score (nSPS) is 27.5. The molecule has 0 aromatic rings. The predicted molar refractivity (Wildman–Crippen MR) is 98.3 cm³/mol. The molecule has 0 aromatic heterocycles. The molecular formula is C20H38O5. The Bertz CT molecular complexity index is 360. The number of hydrogen-bond donors (Lipinski definition) is 4. The van der Waals surface area contributed by atoms with Gasteiger partial charge in [-0.15, -0.1) is 0 Å². The quantitative estimate of drug-likeness (QED) is 0.356. The number of aliphatic hydroxyl groups is 3. The number of rotatable bonds is 14. The summed E-state index contributed by atoms with van der Waals surface area (Å²) in [4.78, 5) is 10.5. The van der Waals surface area contributed by atoms with Gasteiger partial charge in [0.2, 0.25) is 0 Å². The molecule has 1 aliphatic carbocycles. The molecule has 1 aliphatic rings. The van der Waals surface area contributed by atoms with E-state index in [2.05, 4.69) is 6.92 Å². The first-order chi connectivity index (χ1) is 12.0. The Morgan fingerprint density at radius 3 is 2.20 bits per heavy atom. The van der Waals surface area contributed by atoms with E-state index in [1.807, 2.05) is 0 Å². The lowest BCUT2D eigenvalue weighted by atomic mass is 9.84. The molecule has 0 amide bonds. The lowest BCUT2D eigenvalue weighted by Crippen LogP contribution is -2.24. The van der Waals surface area contributed by atoms with Crippen LogP contribution in [0.5, 0.6) is 0 Å². The zero-order valence-corrected chi connectivity index (χ0v) is 15.8. The average molecular weight is 359 g/mol. The molecule has 1 fully saturated rings. The molecule has 4 N–H and O–H groups in total. The van der Waals surface area contributed by atoms with Crippen molar-refractivity contribution in [3.05, 3.63) is 0 Å². The van der Waals surface area contributed by atoms with Gasteiger partial charge in [0.25, 0.3) is 0 Å². The summed E-state index contributed by atoms with van der Waals surface area (Å²) in [5, 5.41) is 39.2. The van der Waals surface area contributed by atoms with E-state index in [0.29, 0.717) is 19.3 Å². The van der Waals surface area contributed by atoms with E-state index >= 15 is 0 Å². The maximum absolute atomic E-state index is 10.5. The van der Waals surface area contributed by atoms with Crippen LogP contribution in [0, 0.1) is 11.8 Å². The summed E-state index contributed by atoms with van der Waals surface area (Å²) >= 11 is 0. The van der Waals surface area contributed by atoms with Gasteiger partial charge in [-0.1, -0.05) is 45.4 Å². The molecule has 0 aromatic carbocycles. The SMILES string of the molecule is CCCCC[C@@H](O)CC[C@@H]1[C@@H](CCCCCCC(=O)O)[C@@H](O)C[C@H]1O. The lowest BCUT2D eigenvalue weighted by molar-refractivity contribution is -0.137. The van der Waals surface area contributed by atoms with Gasteiger partial charge >= 0.3 is 5.97 Å². The van der Waals surface area contributed by atoms with Crippen molar-refractivity contribution in [1.82, 2.24) is 0 Å². The number of carboxylic acid groups (broad SMARTS) is 1. The van der Waals surface area contributed by atoms with Crippen molar-refractivity contribution in [3.63, 3.8) is 0 Å². The number of aliphatic carboxylic acids is 1. The van der Waals surface area contributed by atoms with Gasteiger partial charge in [-0.2, -0.15) is 0 Å². The molecule has 0 aliphatic heterocycles. The van der Waals surface area contributed by atoms with E-state index in [1.165, 1.54) is 0 Å². The highest BCUT2D eigenvalue weighted by molar-refractivity contribution is 5.66. The Morgan fingerprint density at radius 2 is 1.56 bits per heavy atom. The zero-order valence-electron chi connectivity index (χ0n) is 15.8. The first-order valence-corrected chi connectivity index (χ1v) is 10.2.